The summed E-state index contributed by atoms with van der Waals surface area (Å²) in [4.78, 5) is 28.8. The maximum absolute atomic E-state index is 13.1. The van der Waals surface area contributed by atoms with Gasteiger partial charge in [-0.2, -0.15) is 5.10 Å². The molecule has 166 valence electrons. The molecule has 0 bridgehead atoms. The number of piperidine rings is 1. The van der Waals surface area contributed by atoms with Gasteiger partial charge >= 0.3 is 6.09 Å². The molecule has 2 atom stereocenters. The third-order valence-electron chi connectivity index (χ3n) is 5.79. The minimum Gasteiger partial charge on any atom is -0.444 e. The van der Waals surface area contributed by atoms with E-state index in [0.29, 0.717) is 31.0 Å². The summed E-state index contributed by atoms with van der Waals surface area (Å²) >= 11 is 0. The number of nitrogens with one attached hydrogen (secondary N) is 1. The Labute approximate surface area is 181 Å². The van der Waals surface area contributed by atoms with Gasteiger partial charge in [-0.3, -0.25) is 14.4 Å². The van der Waals surface area contributed by atoms with E-state index in [4.69, 9.17) is 9.84 Å². The fraction of sp³-hybridized carbons (Fsp3) is 0.500. The monoisotopic (exact) mass is 427 g/mol. The van der Waals surface area contributed by atoms with Crippen LogP contribution < -0.4 is 15.1 Å². The second-order valence-electron chi connectivity index (χ2n) is 8.12. The van der Waals surface area contributed by atoms with Crippen molar-refractivity contribution in [3.8, 4) is 11.1 Å². The predicted molar refractivity (Wildman–Crippen MR) is 117 cm³/mol. The number of benzene rings is 1. The van der Waals surface area contributed by atoms with Gasteiger partial charge in [0, 0.05) is 31.8 Å². The molecule has 1 aromatic heterocycles. The summed E-state index contributed by atoms with van der Waals surface area (Å²) in [5, 5.41) is 16.7. The van der Waals surface area contributed by atoms with Gasteiger partial charge < -0.3 is 20.1 Å². The van der Waals surface area contributed by atoms with Gasteiger partial charge in [0.25, 0.3) is 0 Å². The standard InChI is InChI=1S/C22H29N5O4/c1-15-13-26(22(30)31-19-4-3-7-23-12-19)21-10-17(5-6-20(21)27(15)16(2)29)18-11-24-25(14-18)8-9-28/h5-6,10-11,14-15,19,23,28H,3-4,7-9,12-13H2,1-2H3/t15-,19?/m0/s1. The molecule has 0 aliphatic carbocycles. The zero-order chi connectivity index (χ0) is 22.0. The lowest BCUT2D eigenvalue weighted by molar-refractivity contribution is -0.117. The zero-order valence-corrected chi connectivity index (χ0v) is 18.0. The number of hydrogen-bond acceptors (Lipinski definition) is 6. The van der Waals surface area contributed by atoms with Crippen LogP contribution in [-0.4, -0.2) is 65.3 Å². The first-order valence-corrected chi connectivity index (χ1v) is 10.7. The van der Waals surface area contributed by atoms with E-state index in [1.807, 2.05) is 31.3 Å². The van der Waals surface area contributed by atoms with Gasteiger partial charge in [0.2, 0.25) is 5.91 Å². The molecule has 9 nitrogen and oxygen atoms in total. The molecule has 2 aliphatic heterocycles. The molecular weight excluding hydrogens is 398 g/mol. The summed E-state index contributed by atoms with van der Waals surface area (Å²) in [5.74, 6) is -0.0678. The lowest BCUT2D eigenvalue weighted by Gasteiger charge is -2.41. The number of hydrogen-bond donors (Lipinski definition) is 2. The van der Waals surface area contributed by atoms with Crippen molar-refractivity contribution in [2.24, 2.45) is 0 Å². The minimum absolute atomic E-state index is 0.00636. The number of amides is 2. The van der Waals surface area contributed by atoms with Gasteiger partial charge in [0.1, 0.15) is 6.10 Å². The van der Waals surface area contributed by atoms with Gasteiger partial charge in [-0.05, 0) is 44.0 Å². The summed E-state index contributed by atoms with van der Waals surface area (Å²) in [6.07, 6.45) is 4.86. The Kier molecular flexibility index (Phi) is 6.24. The van der Waals surface area contributed by atoms with E-state index in [-0.39, 0.29) is 24.7 Å². The Morgan fingerprint density at radius 3 is 2.84 bits per heavy atom. The summed E-state index contributed by atoms with van der Waals surface area (Å²) in [7, 11) is 0. The smallest absolute Gasteiger partial charge is 0.414 e. The Balaban J connectivity index is 1.68. The van der Waals surface area contributed by atoms with Crippen LogP contribution >= 0.6 is 0 Å². The summed E-state index contributed by atoms with van der Waals surface area (Å²) < 4.78 is 7.46. The van der Waals surface area contributed by atoms with E-state index >= 15 is 0 Å². The van der Waals surface area contributed by atoms with Crippen LogP contribution in [0.5, 0.6) is 0 Å². The Bertz CT molecular complexity index is 953. The molecule has 0 spiro atoms. The van der Waals surface area contributed by atoms with Gasteiger partial charge in [-0.15, -0.1) is 0 Å². The number of ether oxygens (including phenoxy) is 1. The van der Waals surface area contributed by atoms with Crippen LogP contribution in [0, 0.1) is 0 Å². The van der Waals surface area contributed by atoms with Crippen LogP contribution in [0.25, 0.3) is 11.1 Å². The predicted octanol–water partition coefficient (Wildman–Crippen LogP) is 1.99. The normalized spacial score (nSPS) is 21.0. The van der Waals surface area contributed by atoms with Crippen LogP contribution in [0.15, 0.2) is 30.6 Å². The average Bonchev–Trinajstić information content (AvgIpc) is 3.22. The fourth-order valence-electron chi connectivity index (χ4n) is 4.32. The number of nitrogens with zero attached hydrogens (tertiary/aromatic N) is 4. The van der Waals surface area contributed by atoms with Crippen molar-refractivity contribution in [1.82, 2.24) is 15.1 Å². The van der Waals surface area contributed by atoms with E-state index in [9.17, 15) is 9.59 Å². The largest absolute Gasteiger partial charge is 0.444 e. The molecule has 31 heavy (non-hydrogen) atoms. The van der Waals surface area contributed by atoms with E-state index in [0.717, 1.165) is 30.5 Å². The van der Waals surface area contributed by atoms with E-state index in [1.165, 1.54) is 6.92 Å². The van der Waals surface area contributed by atoms with Crippen molar-refractivity contribution < 1.29 is 19.4 Å². The molecule has 2 amide bonds. The van der Waals surface area contributed by atoms with E-state index < -0.39 is 6.09 Å². The summed E-state index contributed by atoms with van der Waals surface area (Å²) in [6.45, 7) is 5.85. The van der Waals surface area contributed by atoms with Crippen LogP contribution in [-0.2, 0) is 16.1 Å². The zero-order valence-electron chi connectivity index (χ0n) is 18.0. The highest BCUT2D eigenvalue weighted by Gasteiger charge is 2.35. The van der Waals surface area contributed by atoms with Crippen LogP contribution in [0.3, 0.4) is 0 Å². The molecule has 1 aromatic carbocycles. The minimum atomic E-state index is -0.391. The maximum Gasteiger partial charge on any atom is 0.414 e. The average molecular weight is 428 g/mol. The first-order valence-electron chi connectivity index (χ1n) is 10.7. The second kappa shape index (κ2) is 9.07. The third-order valence-corrected chi connectivity index (χ3v) is 5.79. The topological polar surface area (TPSA) is 99.9 Å². The van der Waals surface area contributed by atoms with Crippen molar-refractivity contribution in [3.63, 3.8) is 0 Å². The molecule has 2 aliphatic rings. The lowest BCUT2D eigenvalue weighted by atomic mass is 10.0. The van der Waals surface area contributed by atoms with E-state index in [2.05, 4.69) is 10.4 Å². The van der Waals surface area contributed by atoms with Gasteiger partial charge in [0.05, 0.1) is 36.8 Å². The molecule has 1 unspecified atom stereocenters. The quantitative estimate of drug-likeness (QED) is 0.774. The molecular formula is C22H29N5O4. The van der Waals surface area contributed by atoms with E-state index in [1.54, 1.807) is 20.7 Å². The highest BCUT2D eigenvalue weighted by molar-refractivity contribution is 6.03. The van der Waals surface area contributed by atoms with Crippen molar-refractivity contribution in [2.75, 3.05) is 36.0 Å². The molecule has 0 saturated carbocycles. The number of anilines is 2. The number of fused-ring (bicyclic) bond motifs is 1. The van der Waals surface area contributed by atoms with Crippen molar-refractivity contribution in [1.29, 1.82) is 0 Å². The first-order chi connectivity index (χ1) is 15.0. The molecule has 1 fully saturated rings. The number of carbonyl (C=O) groups is 2. The molecule has 3 heterocycles. The Hall–Kier alpha value is -2.91. The number of aliphatic hydroxyl groups is 1. The number of rotatable bonds is 4. The van der Waals surface area contributed by atoms with Crippen LogP contribution in [0.2, 0.25) is 0 Å². The molecule has 9 heteroatoms. The number of carbonyl (C=O) groups excluding carboxylic acids is 2. The second-order valence-corrected chi connectivity index (χ2v) is 8.12. The van der Waals surface area contributed by atoms with Crippen LogP contribution in [0.4, 0.5) is 16.2 Å². The van der Waals surface area contributed by atoms with Crippen LogP contribution in [0.1, 0.15) is 26.7 Å². The van der Waals surface area contributed by atoms with Gasteiger partial charge in [-0.1, -0.05) is 6.07 Å². The fourth-order valence-corrected chi connectivity index (χ4v) is 4.32. The van der Waals surface area contributed by atoms with Gasteiger partial charge in [0.15, 0.2) is 0 Å². The van der Waals surface area contributed by atoms with Crippen molar-refractivity contribution in [2.45, 2.75) is 45.4 Å². The molecule has 2 N–H and O–H groups in total. The Morgan fingerprint density at radius 2 is 2.13 bits per heavy atom. The highest BCUT2D eigenvalue weighted by Crippen LogP contribution is 2.39. The SMILES string of the molecule is CC(=O)N1c2ccc(-c3cnn(CCO)c3)cc2N(C(=O)OC2CCCNC2)C[C@@H]1C. The first kappa shape index (κ1) is 21.3. The molecule has 4 rings (SSSR count). The van der Waals surface area contributed by atoms with Crippen molar-refractivity contribution in [3.05, 3.63) is 30.6 Å². The highest BCUT2D eigenvalue weighted by atomic mass is 16.6. The summed E-state index contributed by atoms with van der Waals surface area (Å²) in [5.41, 5.74) is 3.08. The Morgan fingerprint density at radius 1 is 1.29 bits per heavy atom. The third kappa shape index (κ3) is 4.42. The number of aromatic nitrogens is 2. The van der Waals surface area contributed by atoms with Gasteiger partial charge in [-0.25, -0.2) is 4.79 Å². The molecule has 2 aromatic rings. The maximum atomic E-state index is 13.1. The number of aliphatic hydroxyl groups excluding tert-OH is 1. The molecule has 0 radical (unpaired) electrons. The van der Waals surface area contributed by atoms with Crippen molar-refractivity contribution >= 4 is 23.4 Å². The molecule has 1 saturated heterocycles. The lowest BCUT2D eigenvalue weighted by Crippen LogP contribution is -2.52. The summed E-state index contributed by atoms with van der Waals surface area (Å²) in [6, 6.07) is 5.52.